The molecule has 0 aromatic carbocycles. The highest BCUT2D eigenvalue weighted by Gasteiger charge is 2.09. The molecule has 2 aromatic heterocycles. The molecule has 1 amide bonds. The van der Waals surface area contributed by atoms with E-state index in [0.717, 1.165) is 30.7 Å². The van der Waals surface area contributed by atoms with Crippen LogP contribution in [0.4, 0.5) is 0 Å². The van der Waals surface area contributed by atoms with Crippen molar-refractivity contribution in [2.75, 3.05) is 6.54 Å². The molecular weight excluding hydrogens is 240 g/mol. The summed E-state index contributed by atoms with van der Waals surface area (Å²) in [7, 11) is 0. The van der Waals surface area contributed by atoms with Gasteiger partial charge in [0.2, 0.25) is 5.91 Å². The molecule has 19 heavy (non-hydrogen) atoms. The summed E-state index contributed by atoms with van der Waals surface area (Å²) in [6, 6.07) is 5.84. The lowest BCUT2D eigenvalue weighted by atomic mass is 10.1. The van der Waals surface area contributed by atoms with E-state index in [4.69, 9.17) is 0 Å². The third-order valence-corrected chi connectivity index (χ3v) is 3.32. The molecular formula is C14H20N4O. The van der Waals surface area contributed by atoms with Gasteiger partial charge in [-0.3, -0.25) is 9.20 Å². The van der Waals surface area contributed by atoms with Crippen molar-refractivity contribution >= 4 is 11.6 Å². The first-order valence-corrected chi connectivity index (χ1v) is 6.78. The van der Waals surface area contributed by atoms with Crippen LogP contribution in [0.2, 0.25) is 0 Å². The molecule has 0 radical (unpaired) electrons. The molecule has 0 bridgehead atoms. The highest BCUT2D eigenvalue weighted by Crippen LogP contribution is 2.05. The minimum absolute atomic E-state index is 0.0916. The Balaban J connectivity index is 1.82. The minimum Gasteiger partial charge on any atom is -0.356 e. The first kappa shape index (κ1) is 13.5. The predicted octanol–water partition coefficient (Wildman–Crippen LogP) is 1.82. The fourth-order valence-electron chi connectivity index (χ4n) is 1.88. The van der Waals surface area contributed by atoms with Crippen LogP contribution in [0.1, 0.15) is 32.5 Å². The van der Waals surface area contributed by atoms with Gasteiger partial charge in [-0.2, -0.15) is 0 Å². The third kappa shape index (κ3) is 3.30. The average Bonchev–Trinajstić information content (AvgIpc) is 2.86. The molecule has 0 aliphatic carbocycles. The van der Waals surface area contributed by atoms with Gasteiger partial charge in [-0.25, -0.2) is 0 Å². The second kappa shape index (κ2) is 6.31. The maximum atomic E-state index is 11.6. The number of aromatic nitrogens is 3. The molecule has 1 N–H and O–H groups in total. The van der Waals surface area contributed by atoms with Crippen molar-refractivity contribution in [1.82, 2.24) is 19.9 Å². The Kier molecular flexibility index (Phi) is 4.49. The van der Waals surface area contributed by atoms with Crippen molar-refractivity contribution in [1.29, 1.82) is 0 Å². The summed E-state index contributed by atoms with van der Waals surface area (Å²) >= 11 is 0. The Hall–Kier alpha value is -1.91. The number of aryl methyl sites for hydroxylation is 1. The van der Waals surface area contributed by atoms with Crippen LogP contribution in [0.5, 0.6) is 0 Å². The molecule has 2 rings (SSSR count). The van der Waals surface area contributed by atoms with Crippen LogP contribution in [0, 0.1) is 5.92 Å². The molecule has 0 saturated carbocycles. The van der Waals surface area contributed by atoms with Crippen molar-refractivity contribution in [3.63, 3.8) is 0 Å². The van der Waals surface area contributed by atoms with Crippen molar-refractivity contribution < 1.29 is 4.79 Å². The molecule has 1 unspecified atom stereocenters. The number of rotatable bonds is 6. The number of carbonyl (C=O) groups is 1. The van der Waals surface area contributed by atoms with Crippen LogP contribution >= 0.6 is 0 Å². The Morgan fingerprint density at radius 3 is 3.05 bits per heavy atom. The van der Waals surface area contributed by atoms with Gasteiger partial charge in [0.1, 0.15) is 5.82 Å². The van der Waals surface area contributed by atoms with Crippen LogP contribution in [-0.2, 0) is 11.2 Å². The van der Waals surface area contributed by atoms with Crippen LogP contribution in [0.15, 0.2) is 24.4 Å². The van der Waals surface area contributed by atoms with Crippen molar-refractivity contribution in [3.8, 4) is 0 Å². The van der Waals surface area contributed by atoms with Gasteiger partial charge in [0.05, 0.1) is 0 Å². The third-order valence-electron chi connectivity index (χ3n) is 3.32. The summed E-state index contributed by atoms with van der Waals surface area (Å²) < 4.78 is 1.98. The average molecular weight is 260 g/mol. The molecule has 1 atom stereocenters. The second-order valence-electron chi connectivity index (χ2n) is 4.75. The Morgan fingerprint density at radius 2 is 2.26 bits per heavy atom. The normalized spacial score (nSPS) is 12.5. The summed E-state index contributed by atoms with van der Waals surface area (Å²) in [5.41, 5.74) is 0.862. The molecule has 2 aromatic rings. The summed E-state index contributed by atoms with van der Waals surface area (Å²) in [5, 5.41) is 11.2. The summed E-state index contributed by atoms with van der Waals surface area (Å²) in [6.07, 6.45) is 4.52. The van der Waals surface area contributed by atoms with Crippen molar-refractivity contribution in [2.24, 2.45) is 5.92 Å². The number of nitrogens with one attached hydrogen (secondary N) is 1. The van der Waals surface area contributed by atoms with Gasteiger partial charge >= 0.3 is 0 Å². The van der Waals surface area contributed by atoms with Crippen LogP contribution in [0.25, 0.3) is 5.65 Å². The minimum atomic E-state index is 0.0916. The number of fused-ring (bicyclic) bond motifs is 1. The monoisotopic (exact) mass is 260 g/mol. The van der Waals surface area contributed by atoms with Crippen molar-refractivity contribution in [3.05, 3.63) is 30.2 Å². The van der Waals surface area contributed by atoms with Gasteiger partial charge in [0.25, 0.3) is 0 Å². The zero-order valence-corrected chi connectivity index (χ0v) is 11.5. The SMILES string of the molecule is CCC(C)C(=O)NCCCc1nnc2ccccn12. The largest absolute Gasteiger partial charge is 0.356 e. The van der Waals surface area contributed by atoms with Gasteiger partial charge < -0.3 is 5.32 Å². The smallest absolute Gasteiger partial charge is 0.222 e. The summed E-state index contributed by atoms with van der Waals surface area (Å²) in [4.78, 5) is 11.6. The quantitative estimate of drug-likeness (QED) is 0.806. The topological polar surface area (TPSA) is 59.3 Å². The van der Waals surface area contributed by atoms with E-state index in [0.29, 0.717) is 6.54 Å². The lowest BCUT2D eigenvalue weighted by molar-refractivity contribution is -0.124. The fourth-order valence-corrected chi connectivity index (χ4v) is 1.88. The number of carbonyl (C=O) groups excluding carboxylic acids is 1. The van der Waals surface area contributed by atoms with E-state index in [2.05, 4.69) is 15.5 Å². The summed E-state index contributed by atoms with van der Waals surface area (Å²) in [5.74, 6) is 1.16. The van der Waals surface area contributed by atoms with Crippen molar-refractivity contribution in [2.45, 2.75) is 33.1 Å². The molecule has 0 aliphatic rings. The molecule has 5 heteroatoms. The maximum Gasteiger partial charge on any atom is 0.222 e. The Bertz CT molecular complexity index is 549. The lowest BCUT2D eigenvalue weighted by Crippen LogP contribution is -2.29. The number of pyridine rings is 1. The Morgan fingerprint density at radius 1 is 1.42 bits per heavy atom. The standard InChI is InChI=1S/C14H20N4O/c1-3-11(2)14(19)15-9-6-8-13-17-16-12-7-4-5-10-18(12)13/h4-5,7,10-11H,3,6,8-9H2,1-2H3,(H,15,19). The van der Waals surface area contributed by atoms with Crippen LogP contribution < -0.4 is 5.32 Å². The number of amides is 1. The van der Waals surface area contributed by atoms with Gasteiger partial charge in [-0.05, 0) is 25.0 Å². The fraction of sp³-hybridized carbons (Fsp3) is 0.500. The lowest BCUT2D eigenvalue weighted by Gasteiger charge is -2.09. The van der Waals surface area contributed by atoms with E-state index in [1.165, 1.54) is 0 Å². The van der Waals surface area contributed by atoms with E-state index < -0.39 is 0 Å². The number of nitrogens with zero attached hydrogens (tertiary/aromatic N) is 3. The number of hydrogen-bond acceptors (Lipinski definition) is 3. The maximum absolute atomic E-state index is 11.6. The second-order valence-corrected chi connectivity index (χ2v) is 4.75. The first-order valence-electron chi connectivity index (χ1n) is 6.78. The van der Waals surface area contributed by atoms with E-state index >= 15 is 0 Å². The number of hydrogen-bond donors (Lipinski definition) is 1. The first-order chi connectivity index (χ1) is 9.22. The molecule has 5 nitrogen and oxygen atoms in total. The molecule has 0 saturated heterocycles. The van der Waals surface area contributed by atoms with Crippen LogP contribution in [-0.4, -0.2) is 27.0 Å². The van der Waals surface area contributed by atoms with Gasteiger partial charge in [-0.1, -0.05) is 19.9 Å². The van der Waals surface area contributed by atoms with Gasteiger partial charge in [0, 0.05) is 25.1 Å². The van der Waals surface area contributed by atoms with E-state index in [1.54, 1.807) is 0 Å². The molecule has 0 spiro atoms. The molecule has 0 aliphatic heterocycles. The van der Waals surface area contributed by atoms with E-state index in [1.807, 2.05) is 42.6 Å². The molecule has 2 heterocycles. The Labute approximate surface area is 113 Å². The highest BCUT2D eigenvalue weighted by atomic mass is 16.1. The van der Waals surface area contributed by atoms with Crippen LogP contribution in [0.3, 0.4) is 0 Å². The van der Waals surface area contributed by atoms with Gasteiger partial charge in [-0.15, -0.1) is 10.2 Å². The molecule has 0 fully saturated rings. The van der Waals surface area contributed by atoms with Gasteiger partial charge in [0.15, 0.2) is 5.65 Å². The predicted molar refractivity (Wildman–Crippen MR) is 73.8 cm³/mol. The van der Waals surface area contributed by atoms with E-state index in [-0.39, 0.29) is 11.8 Å². The molecule has 102 valence electrons. The zero-order chi connectivity index (χ0) is 13.7. The highest BCUT2D eigenvalue weighted by molar-refractivity contribution is 5.78. The summed E-state index contributed by atoms with van der Waals surface area (Å²) in [6.45, 7) is 4.65. The zero-order valence-electron chi connectivity index (χ0n) is 11.5. The van der Waals surface area contributed by atoms with E-state index in [9.17, 15) is 4.79 Å².